The van der Waals surface area contributed by atoms with Crippen LogP contribution in [0.1, 0.15) is 33.1 Å². The topological polar surface area (TPSA) is 34.1 Å². The van der Waals surface area contributed by atoms with Crippen LogP contribution in [-0.2, 0) is 9.59 Å². The average molecular weight is 166 g/mol. The zero-order valence-corrected chi connectivity index (χ0v) is 7.59. The minimum atomic E-state index is -0.357. The van der Waals surface area contributed by atoms with Crippen LogP contribution in [-0.4, -0.2) is 12.1 Å². The molecule has 2 aliphatic carbocycles. The van der Waals surface area contributed by atoms with E-state index in [0.717, 1.165) is 19.1 Å². The first-order chi connectivity index (χ1) is 5.54. The van der Waals surface area contributed by atoms with E-state index in [2.05, 4.69) is 0 Å². The van der Waals surface area contributed by atoms with Gasteiger partial charge in [-0.25, -0.2) is 0 Å². The lowest BCUT2D eigenvalue weighted by molar-refractivity contribution is -0.132. The van der Waals surface area contributed by atoms with E-state index in [1.54, 1.807) is 0 Å². The minimum absolute atomic E-state index is 0.299. The summed E-state index contributed by atoms with van der Waals surface area (Å²) in [6.07, 6.45) is 3.60. The lowest BCUT2D eigenvalue weighted by Gasteiger charge is -2.30. The third-order valence-electron chi connectivity index (χ3n) is 4.32. The number of hydrogen-bond donors (Lipinski definition) is 0. The first-order valence-electron chi connectivity index (χ1n) is 4.54. The van der Waals surface area contributed by atoms with Crippen molar-refractivity contribution in [1.82, 2.24) is 0 Å². The first kappa shape index (κ1) is 7.96. The predicted octanol–water partition coefficient (Wildman–Crippen LogP) is 1.58. The van der Waals surface area contributed by atoms with Crippen molar-refractivity contribution in [2.75, 3.05) is 0 Å². The smallest absolute Gasteiger partial charge is 0.140 e. The Morgan fingerprint density at radius 3 is 2.42 bits per heavy atom. The van der Waals surface area contributed by atoms with E-state index < -0.39 is 0 Å². The molecule has 0 aromatic carbocycles. The van der Waals surface area contributed by atoms with Crippen LogP contribution in [0.4, 0.5) is 0 Å². The Bertz CT molecular complexity index is 257. The van der Waals surface area contributed by atoms with Crippen LogP contribution in [0.5, 0.6) is 0 Å². The number of Topliss-reactive ketones (excluding diaryl/α,β-unsaturated/α-hetero) is 1. The van der Waals surface area contributed by atoms with Crippen molar-refractivity contribution in [3.8, 4) is 0 Å². The normalized spacial score (nSPS) is 51.5. The Hall–Kier alpha value is -0.660. The molecule has 2 aliphatic rings. The lowest BCUT2D eigenvalue weighted by atomic mass is 9.70. The van der Waals surface area contributed by atoms with Crippen LogP contribution in [0.3, 0.4) is 0 Å². The summed E-state index contributed by atoms with van der Waals surface area (Å²) in [4.78, 5) is 22.6. The predicted molar refractivity (Wildman–Crippen MR) is 44.6 cm³/mol. The van der Waals surface area contributed by atoms with Crippen LogP contribution in [0.15, 0.2) is 0 Å². The minimum Gasteiger partial charge on any atom is -0.303 e. The van der Waals surface area contributed by atoms with Gasteiger partial charge in [0.15, 0.2) is 0 Å². The molecule has 1 unspecified atom stereocenters. The van der Waals surface area contributed by atoms with E-state index in [1.165, 1.54) is 0 Å². The molecule has 2 fully saturated rings. The van der Waals surface area contributed by atoms with Crippen molar-refractivity contribution in [2.24, 2.45) is 16.7 Å². The maximum absolute atomic E-state index is 11.6. The molecule has 2 nitrogen and oxygen atoms in total. The number of fused-ring (bicyclic) bond motifs is 2. The zero-order valence-electron chi connectivity index (χ0n) is 7.59. The molecule has 0 aliphatic heterocycles. The van der Waals surface area contributed by atoms with Gasteiger partial charge in [0.2, 0.25) is 0 Å². The molecular weight excluding hydrogens is 152 g/mol. The van der Waals surface area contributed by atoms with E-state index in [9.17, 15) is 9.59 Å². The fourth-order valence-electron chi connectivity index (χ4n) is 2.91. The summed E-state index contributed by atoms with van der Waals surface area (Å²) in [7, 11) is 0. The molecule has 0 amide bonds. The summed E-state index contributed by atoms with van der Waals surface area (Å²) in [6, 6.07) is 0. The Morgan fingerprint density at radius 2 is 2.17 bits per heavy atom. The molecule has 2 saturated carbocycles. The fraction of sp³-hybridized carbons (Fsp3) is 0.800. The molecule has 2 bridgehead atoms. The second-order valence-electron chi connectivity index (χ2n) is 4.60. The third kappa shape index (κ3) is 0.584. The molecule has 0 aromatic heterocycles. The molecule has 0 N–H and O–H groups in total. The van der Waals surface area contributed by atoms with Gasteiger partial charge in [-0.3, -0.25) is 4.79 Å². The van der Waals surface area contributed by atoms with Gasteiger partial charge in [-0.2, -0.15) is 0 Å². The van der Waals surface area contributed by atoms with Gasteiger partial charge in [0, 0.05) is 17.3 Å². The molecule has 12 heavy (non-hydrogen) atoms. The first-order valence-corrected chi connectivity index (χ1v) is 4.54. The molecule has 2 rings (SSSR count). The molecule has 3 atom stereocenters. The fourth-order valence-corrected chi connectivity index (χ4v) is 2.91. The van der Waals surface area contributed by atoms with Gasteiger partial charge < -0.3 is 4.79 Å². The van der Waals surface area contributed by atoms with Gasteiger partial charge >= 0.3 is 0 Å². The highest BCUT2D eigenvalue weighted by molar-refractivity contribution is 5.93. The van der Waals surface area contributed by atoms with Crippen LogP contribution < -0.4 is 0 Å². The summed E-state index contributed by atoms with van der Waals surface area (Å²) < 4.78 is 0. The highest BCUT2D eigenvalue weighted by atomic mass is 16.1. The van der Waals surface area contributed by atoms with Crippen molar-refractivity contribution in [3.05, 3.63) is 0 Å². The maximum Gasteiger partial charge on any atom is 0.140 e. The monoisotopic (exact) mass is 166 g/mol. The lowest BCUT2D eigenvalue weighted by Crippen LogP contribution is -2.36. The van der Waals surface area contributed by atoms with E-state index >= 15 is 0 Å². The van der Waals surface area contributed by atoms with Gasteiger partial charge in [-0.1, -0.05) is 13.8 Å². The summed E-state index contributed by atoms with van der Waals surface area (Å²) in [5.74, 6) is 0.626. The van der Waals surface area contributed by atoms with Crippen LogP contribution in [0, 0.1) is 16.7 Å². The summed E-state index contributed by atoms with van der Waals surface area (Å²) >= 11 is 0. The standard InChI is InChI=1S/C10H14O2/c1-9-4-3-7(5-8(9)12)10(9,2)6-11/h6-7H,3-5H2,1-2H3/t7-,9+,10?/m1/s1. The Balaban J connectivity index is 2.51. The maximum atomic E-state index is 11.6. The number of hydrogen-bond acceptors (Lipinski definition) is 2. The van der Waals surface area contributed by atoms with Crippen LogP contribution in [0.2, 0.25) is 0 Å². The highest BCUT2D eigenvalue weighted by Crippen LogP contribution is 2.62. The van der Waals surface area contributed by atoms with Gasteiger partial charge in [0.25, 0.3) is 0 Å². The molecule has 0 radical (unpaired) electrons. The van der Waals surface area contributed by atoms with Gasteiger partial charge in [0.1, 0.15) is 12.1 Å². The molecule has 0 spiro atoms. The van der Waals surface area contributed by atoms with Crippen molar-refractivity contribution >= 4 is 12.1 Å². The Labute approximate surface area is 72.3 Å². The average Bonchev–Trinajstić information content (AvgIpc) is 2.39. The van der Waals surface area contributed by atoms with E-state index in [4.69, 9.17) is 0 Å². The van der Waals surface area contributed by atoms with Crippen LogP contribution >= 0.6 is 0 Å². The molecule has 0 heterocycles. The van der Waals surface area contributed by atoms with Gasteiger partial charge in [0.05, 0.1) is 0 Å². The van der Waals surface area contributed by atoms with Gasteiger partial charge in [-0.05, 0) is 18.8 Å². The molecule has 0 aromatic rings. The van der Waals surface area contributed by atoms with Crippen molar-refractivity contribution < 1.29 is 9.59 Å². The number of carbonyl (C=O) groups is 2. The summed E-state index contributed by atoms with van der Waals surface area (Å²) in [6.45, 7) is 3.90. The number of ketones is 1. The van der Waals surface area contributed by atoms with Crippen LogP contribution in [0.25, 0.3) is 0 Å². The Morgan fingerprint density at radius 1 is 1.50 bits per heavy atom. The second kappa shape index (κ2) is 1.98. The molecule has 66 valence electrons. The number of rotatable bonds is 1. The van der Waals surface area contributed by atoms with E-state index in [1.807, 2.05) is 13.8 Å². The third-order valence-corrected chi connectivity index (χ3v) is 4.32. The molecule has 2 heteroatoms. The quantitative estimate of drug-likeness (QED) is 0.554. The number of aldehydes is 1. The van der Waals surface area contributed by atoms with Crippen molar-refractivity contribution in [3.63, 3.8) is 0 Å². The van der Waals surface area contributed by atoms with E-state index in [-0.39, 0.29) is 10.8 Å². The summed E-state index contributed by atoms with van der Waals surface area (Å²) in [5.41, 5.74) is -0.691. The van der Waals surface area contributed by atoms with E-state index in [0.29, 0.717) is 18.1 Å². The second-order valence-corrected chi connectivity index (χ2v) is 4.60. The zero-order chi connectivity index (χ0) is 8.98. The van der Waals surface area contributed by atoms with Gasteiger partial charge in [-0.15, -0.1) is 0 Å². The Kier molecular flexibility index (Phi) is 1.31. The summed E-state index contributed by atoms with van der Waals surface area (Å²) in [5, 5.41) is 0. The highest BCUT2D eigenvalue weighted by Gasteiger charge is 2.63. The molecule has 0 saturated heterocycles. The SMILES string of the molecule is CC1(C=O)[C@@H]2CC[C@@]1(C)C(=O)C2. The van der Waals surface area contributed by atoms with Crippen molar-refractivity contribution in [2.45, 2.75) is 33.1 Å². The molecular formula is C10H14O2. The largest absolute Gasteiger partial charge is 0.303 e. The number of carbonyl (C=O) groups excluding carboxylic acids is 2. The van der Waals surface area contributed by atoms with Crippen molar-refractivity contribution in [1.29, 1.82) is 0 Å².